The molecule has 0 aliphatic rings. The molecule has 0 aliphatic carbocycles. The zero-order valence-electron chi connectivity index (χ0n) is 17.2. The van der Waals surface area contributed by atoms with Gasteiger partial charge in [-0.1, -0.05) is 54.6 Å². The average Bonchev–Trinajstić information content (AvgIpc) is 2.79. The number of amides is 1. The smallest absolute Gasteiger partial charge is 0.258 e. The van der Waals surface area contributed by atoms with E-state index >= 15 is 0 Å². The predicted molar refractivity (Wildman–Crippen MR) is 120 cm³/mol. The molecule has 4 aromatic rings. The quantitative estimate of drug-likeness (QED) is 0.501. The van der Waals surface area contributed by atoms with E-state index < -0.39 is 0 Å². The molecule has 1 amide bonds. The lowest BCUT2D eigenvalue weighted by Crippen LogP contribution is -2.33. The van der Waals surface area contributed by atoms with E-state index in [1.165, 1.54) is 0 Å². The second-order valence-electron chi connectivity index (χ2n) is 7.29. The monoisotopic (exact) mass is 413 g/mol. The van der Waals surface area contributed by atoms with Crippen LogP contribution in [0.4, 0.5) is 0 Å². The molecule has 3 aromatic carbocycles. The lowest BCUT2D eigenvalue weighted by Gasteiger charge is -2.23. The van der Waals surface area contributed by atoms with E-state index in [9.17, 15) is 9.59 Å². The second-order valence-corrected chi connectivity index (χ2v) is 7.29. The number of carbonyl (C=O) groups excluding carboxylic acids is 1. The van der Waals surface area contributed by atoms with Gasteiger partial charge in [0.25, 0.3) is 5.56 Å². The molecule has 0 saturated heterocycles. The van der Waals surface area contributed by atoms with Gasteiger partial charge in [0.05, 0.1) is 31.0 Å². The van der Waals surface area contributed by atoms with Gasteiger partial charge in [0.2, 0.25) is 5.91 Å². The molecule has 156 valence electrons. The fraction of sp³-hybridized carbons (Fsp3) is 0.160. The largest absolute Gasteiger partial charge is 0.497 e. The third-order valence-corrected chi connectivity index (χ3v) is 5.06. The maximum Gasteiger partial charge on any atom is 0.258 e. The Morgan fingerprint density at radius 1 is 0.935 bits per heavy atom. The van der Waals surface area contributed by atoms with E-state index in [1.54, 1.807) is 30.2 Å². The van der Waals surface area contributed by atoms with Crippen molar-refractivity contribution in [3.63, 3.8) is 0 Å². The van der Waals surface area contributed by atoms with Gasteiger partial charge >= 0.3 is 0 Å². The predicted octanol–water partition coefficient (Wildman–Crippen LogP) is 3.70. The third kappa shape index (κ3) is 4.98. The zero-order valence-corrected chi connectivity index (χ0v) is 17.2. The average molecular weight is 413 g/mol. The Kier molecular flexibility index (Phi) is 6.08. The number of benzene rings is 3. The van der Waals surface area contributed by atoms with Gasteiger partial charge in [-0.05, 0) is 35.4 Å². The normalized spacial score (nSPS) is 10.7. The number of hydrogen-bond acceptors (Lipinski definition) is 4. The Morgan fingerprint density at radius 2 is 1.68 bits per heavy atom. The SMILES string of the molecule is COc1cccc(CC(=O)N(Cc2ccccc2)Cc2nc3ccccc3c(=O)[nH]2)c1. The number of fused-ring (bicyclic) bond motifs is 1. The number of methoxy groups -OCH3 is 1. The molecule has 4 rings (SSSR count). The minimum atomic E-state index is -0.208. The van der Waals surface area contributed by atoms with Gasteiger partial charge in [-0.25, -0.2) is 4.98 Å². The van der Waals surface area contributed by atoms with Crippen LogP contribution in [0.5, 0.6) is 5.75 Å². The summed E-state index contributed by atoms with van der Waals surface area (Å²) in [6, 6.07) is 24.4. The summed E-state index contributed by atoms with van der Waals surface area (Å²) in [4.78, 5) is 34.8. The highest BCUT2D eigenvalue weighted by atomic mass is 16.5. The number of rotatable bonds is 7. The highest BCUT2D eigenvalue weighted by Gasteiger charge is 2.17. The Morgan fingerprint density at radius 3 is 2.48 bits per heavy atom. The van der Waals surface area contributed by atoms with Crippen LogP contribution in [0.15, 0.2) is 83.7 Å². The molecule has 0 spiro atoms. The van der Waals surface area contributed by atoms with Crippen molar-refractivity contribution in [1.82, 2.24) is 14.9 Å². The van der Waals surface area contributed by atoms with Crippen LogP contribution in [-0.4, -0.2) is 27.9 Å². The molecular weight excluding hydrogens is 390 g/mol. The first-order valence-corrected chi connectivity index (χ1v) is 10.0. The van der Waals surface area contributed by atoms with Crippen molar-refractivity contribution < 1.29 is 9.53 Å². The maximum absolute atomic E-state index is 13.2. The molecule has 1 N–H and O–H groups in total. The minimum absolute atomic E-state index is 0.0621. The molecule has 6 heteroatoms. The first-order valence-electron chi connectivity index (χ1n) is 10.0. The number of nitrogens with one attached hydrogen (secondary N) is 1. The summed E-state index contributed by atoms with van der Waals surface area (Å²) in [6.07, 6.45) is 0.224. The number of nitrogens with zero attached hydrogens (tertiary/aromatic N) is 2. The van der Waals surface area contributed by atoms with Gasteiger partial charge in [0.15, 0.2) is 0 Å². The molecule has 1 aromatic heterocycles. The number of aromatic nitrogens is 2. The molecule has 0 aliphatic heterocycles. The van der Waals surface area contributed by atoms with Crippen molar-refractivity contribution in [2.75, 3.05) is 7.11 Å². The lowest BCUT2D eigenvalue weighted by atomic mass is 10.1. The molecule has 0 unspecified atom stereocenters. The molecule has 0 atom stereocenters. The number of H-pyrrole nitrogens is 1. The topological polar surface area (TPSA) is 75.3 Å². The van der Waals surface area contributed by atoms with Gasteiger partial charge in [-0.15, -0.1) is 0 Å². The Hall–Kier alpha value is -3.93. The van der Waals surface area contributed by atoms with Crippen LogP contribution < -0.4 is 10.3 Å². The summed E-state index contributed by atoms with van der Waals surface area (Å²) in [5, 5.41) is 0.531. The number of carbonyl (C=O) groups is 1. The molecule has 31 heavy (non-hydrogen) atoms. The first-order chi connectivity index (χ1) is 15.1. The highest BCUT2D eigenvalue weighted by Crippen LogP contribution is 2.16. The Bertz CT molecular complexity index is 1250. The van der Waals surface area contributed by atoms with Crippen LogP contribution in [0, 0.1) is 0 Å². The van der Waals surface area contributed by atoms with Crippen LogP contribution in [0.25, 0.3) is 10.9 Å². The molecular formula is C25H23N3O3. The van der Waals surface area contributed by atoms with E-state index in [0.717, 1.165) is 11.1 Å². The van der Waals surface area contributed by atoms with Crippen molar-refractivity contribution in [3.05, 3.63) is 106 Å². The van der Waals surface area contributed by atoms with Crippen LogP contribution in [0.1, 0.15) is 17.0 Å². The Balaban J connectivity index is 1.62. The maximum atomic E-state index is 13.2. The zero-order chi connectivity index (χ0) is 21.6. The molecule has 6 nitrogen and oxygen atoms in total. The van der Waals surface area contributed by atoms with E-state index in [2.05, 4.69) is 9.97 Å². The van der Waals surface area contributed by atoms with E-state index in [0.29, 0.717) is 29.0 Å². The second kappa shape index (κ2) is 9.26. The highest BCUT2D eigenvalue weighted by molar-refractivity contribution is 5.79. The molecule has 1 heterocycles. The third-order valence-electron chi connectivity index (χ3n) is 5.06. The lowest BCUT2D eigenvalue weighted by molar-refractivity contribution is -0.131. The summed E-state index contributed by atoms with van der Waals surface area (Å²) in [5.74, 6) is 1.10. The molecule has 0 radical (unpaired) electrons. The van der Waals surface area contributed by atoms with Gasteiger partial charge in [-0.3, -0.25) is 9.59 Å². The van der Waals surface area contributed by atoms with Gasteiger partial charge in [0, 0.05) is 6.54 Å². The van der Waals surface area contributed by atoms with Crippen molar-refractivity contribution in [3.8, 4) is 5.75 Å². The number of aromatic amines is 1. The fourth-order valence-corrected chi connectivity index (χ4v) is 3.50. The minimum Gasteiger partial charge on any atom is -0.497 e. The summed E-state index contributed by atoms with van der Waals surface area (Å²) in [6.45, 7) is 0.623. The van der Waals surface area contributed by atoms with E-state index in [1.807, 2.05) is 60.7 Å². The van der Waals surface area contributed by atoms with Crippen LogP contribution >= 0.6 is 0 Å². The van der Waals surface area contributed by atoms with Crippen LogP contribution in [0.2, 0.25) is 0 Å². The fourth-order valence-electron chi connectivity index (χ4n) is 3.50. The van der Waals surface area contributed by atoms with Crippen LogP contribution in [0.3, 0.4) is 0 Å². The van der Waals surface area contributed by atoms with Crippen molar-refractivity contribution in [1.29, 1.82) is 0 Å². The van der Waals surface area contributed by atoms with E-state index in [4.69, 9.17) is 4.74 Å². The number of ether oxygens (including phenoxy) is 1. The number of para-hydroxylation sites is 1. The Labute approximate surface area is 180 Å². The summed E-state index contributed by atoms with van der Waals surface area (Å²) < 4.78 is 5.27. The van der Waals surface area contributed by atoms with Gasteiger partial charge in [-0.2, -0.15) is 0 Å². The molecule has 0 bridgehead atoms. The first kappa shape index (κ1) is 20.3. The number of hydrogen-bond donors (Lipinski definition) is 1. The van der Waals surface area contributed by atoms with Crippen molar-refractivity contribution in [2.24, 2.45) is 0 Å². The molecule has 0 saturated carbocycles. The van der Waals surface area contributed by atoms with Gasteiger partial charge < -0.3 is 14.6 Å². The standard InChI is InChI=1S/C25H23N3O3/c1-31-20-11-7-10-19(14-20)15-24(29)28(16-18-8-3-2-4-9-18)17-23-26-22-13-6-5-12-21(22)25(30)27-23/h2-14H,15-17H2,1H3,(H,26,27,30). The summed E-state index contributed by atoms with van der Waals surface area (Å²) in [5.41, 5.74) is 2.27. The van der Waals surface area contributed by atoms with Gasteiger partial charge in [0.1, 0.15) is 11.6 Å². The summed E-state index contributed by atoms with van der Waals surface area (Å²) in [7, 11) is 1.60. The van der Waals surface area contributed by atoms with Crippen molar-refractivity contribution in [2.45, 2.75) is 19.5 Å². The van der Waals surface area contributed by atoms with Crippen molar-refractivity contribution >= 4 is 16.8 Å². The molecule has 0 fully saturated rings. The summed E-state index contributed by atoms with van der Waals surface area (Å²) >= 11 is 0. The van der Waals surface area contributed by atoms with Crippen LogP contribution in [-0.2, 0) is 24.3 Å². The van der Waals surface area contributed by atoms with E-state index in [-0.39, 0.29) is 24.4 Å².